The van der Waals surface area contributed by atoms with Crippen LogP contribution in [0.15, 0.2) is 30.3 Å². The molecule has 1 aliphatic heterocycles. The quantitative estimate of drug-likeness (QED) is 0.719. The second kappa shape index (κ2) is 3.65. The molecule has 2 bridgehead atoms. The fourth-order valence-corrected chi connectivity index (χ4v) is 4.62. The zero-order chi connectivity index (χ0) is 13.3. The van der Waals surface area contributed by atoms with Gasteiger partial charge >= 0.3 is 7.12 Å². The van der Waals surface area contributed by atoms with Gasteiger partial charge in [0.25, 0.3) is 0 Å². The molecule has 19 heavy (non-hydrogen) atoms. The zero-order valence-corrected chi connectivity index (χ0v) is 11.9. The monoisotopic (exact) mass is 256 g/mol. The molecule has 0 unspecified atom stereocenters. The molecule has 0 radical (unpaired) electrons. The maximum Gasteiger partial charge on any atom is 0.494 e. The summed E-state index contributed by atoms with van der Waals surface area (Å²) in [6.45, 7) is 7.06. The van der Waals surface area contributed by atoms with Crippen molar-refractivity contribution < 1.29 is 9.31 Å². The fourth-order valence-electron chi connectivity index (χ4n) is 4.62. The third-order valence-corrected chi connectivity index (χ3v) is 6.02. The van der Waals surface area contributed by atoms with Crippen LogP contribution in [0, 0.1) is 17.3 Å². The lowest BCUT2D eigenvalue weighted by Gasteiger charge is -2.64. The van der Waals surface area contributed by atoms with E-state index in [9.17, 15) is 0 Å². The molecule has 0 amide bonds. The summed E-state index contributed by atoms with van der Waals surface area (Å²) >= 11 is 0. The van der Waals surface area contributed by atoms with E-state index in [0.717, 1.165) is 17.8 Å². The third kappa shape index (κ3) is 1.46. The Morgan fingerprint density at radius 3 is 2.53 bits per heavy atom. The van der Waals surface area contributed by atoms with Crippen LogP contribution in [0.5, 0.6) is 0 Å². The maximum atomic E-state index is 6.40. The first-order chi connectivity index (χ1) is 9.02. The first-order valence-electron chi connectivity index (χ1n) is 7.40. The molecule has 4 fully saturated rings. The van der Waals surface area contributed by atoms with E-state index in [4.69, 9.17) is 9.31 Å². The Balaban J connectivity index is 1.64. The minimum Gasteiger partial charge on any atom is -0.402 e. The summed E-state index contributed by atoms with van der Waals surface area (Å²) in [7, 11) is -0.175. The average molecular weight is 256 g/mol. The standard InChI is InChI=1S/C16H21BO2/c1-15(2)11-9-13(15)16(3)14(10-11)18-17(19-16)12-7-5-4-6-8-12/h4-8,11,13-14H,9-10H2,1-3H3/t11-,13+,14-,16+/m0/s1. The molecule has 5 rings (SSSR count). The van der Waals surface area contributed by atoms with Crippen molar-refractivity contribution in [2.45, 2.75) is 45.3 Å². The summed E-state index contributed by atoms with van der Waals surface area (Å²) in [5.74, 6) is 1.45. The van der Waals surface area contributed by atoms with Crippen LogP contribution < -0.4 is 5.46 Å². The summed E-state index contributed by atoms with van der Waals surface area (Å²) in [5.41, 5.74) is 1.46. The number of rotatable bonds is 1. The van der Waals surface area contributed by atoms with Crippen LogP contribution in [0.25, 0.3) is 0 Å². The minimum absolute atomic E-state index is 0.0985. The molecule has 3 saturated carbocycles. The summed E-state index contributed by atoms with van der Waals surface area (Å²) in [6, 6.07) is 10.3. The van der Waals surface area contributed by atoms with Gasteiger partial charge in [-0.2, -0.15) is 0 Å². The van der Waals surface area contributed by atoms with Gasteiger partial charge in [-0.25, -0.2) is 0 Å². The van der Waals surface area contributed by atoms with E-state index in [1.165, 1.54) is 6.42 Å². The van der Waals surface area contributed by atoms with E-state index in [1.807, 2.05) is 6.07 Å². The van der Waals surface area contributed by atoms with Gasteiger partial charge in [-0.15, -0.1) is 0 Å². The molecular weight excluding hydrogens is 235 g/mol. The largest absolute Gasteiger partial charge is 0.494 e. The fraction of sp³-hybridized carbons (Fsp3) is 0.625. The molecule has 4 atom stereocenters. The molecule has 4 aliphatic rings. The summed E-state index contributed by atoms with van der Waals surface area (Å²) in [5, 5.41) is 0. The van der Waals surface area contributed by atoms with Gasteiger partial charge in [0.05, 0.1) is 11.7 Å². The lowest BCUT2D eigenvalue weighted by molar-refractivity contribution is -0.199. The van der Waals surface area contributed by atoms with Gasteiger partial charge in [0, 0.05) is 0 Å². The molecule has 1 aromatic rings. The van der Waals surface area contributed by atoms with Crippen molar-refractivity contribution in [3.63, 3.8) is 0 Å². The van der Waals surface area contributed by atoms with Crippen LogP contribution in [0.1, 0.15) is 33.6 Å². The van der Waals surface area contributed by atoms with Gasteiger partial charge in [-0.05, 0) is 42.5 Å². The molecule has 1 aromatic carbocycles. The predicted octanol–water partition coefficient (Wildman–Crippen LogP) is 2.62. The number of hydrogen-bond donors (Lipinski definition) is 0. The second-order valence-corrected chi connectivity index (χ2v) is 7.21. The van der Waals surface area contributed by atoms with Crippen LogP contribution in [-0.4, -0.2) is 18.8 Å². The molecule has 100 valence electrons. The highest BCUT2D eigenvalue weighted by atomic mass is 16.7. The molecule has 3 heteroatoms. The lowest BCUT2D eigenvalue weighted by Crippen LogP contribution is -2.65. The average Bonchev–Trinajstić information content (AvgIpc) is 2.76. The van der Waals surface area contributed by atoms with Crippen molar-refractivity contribution in [2.75, 3.05) is 0 Å². The van der Waals surface area contributed by atoms with Gasteiger partial charge in [-0.3, -0.25) is 0 Å². The van der Waals surface area contributed by atoms with Crippen molar-refractivity contribution in [1.82, 2.24) is 0 Å². The summed E-state index contributed by atoms with van der Waals surface area (Å²) in [6.07, 6.45) is 2.74. The van der Waals surface area contributed by atoms with E-state index >= 15 is 0 Å². The Hall–Kier alpha value is -0.795. The van der Waals surface area contributed by atoms with Crippen LogP contribution in [0.2, 0.25) is 0 Å². The third-order valence-electron chi connectivity index (χ3n) is 6.02. The van der Waals surface area contributed by atoms with E-state index in [2.05, 4.69) is 45.0 Å². The van der Waals surface area contributed by atoms with Crippen molar-refractivity contribution in [3.8, 4) is 0 Å². The maximum absolute atomic E-state index is 6.40. The Bertz CT molecular complexity index is 501. The minimum atomic E-state index is -0.175. The van der Waals surface area contributed by atoms with Crippen molar-refractivity contribution >= 4 is 12.6 Å². The van der Waals surface area contributed by atoms with Crippen molar-refractivity contribution in [3.05, 3.63) is 30.3 Å². The van der Waals surface area contributed by atoms with E-state index < -0.39 is 0 Å². The summed E-state index contributed by atoms with van der Waals surface area (Å²) < 4.78 is 12.6. The van der Waals surface area contributed by atoms with Crippen LogP contribution in [0.4, 0.5) is 0 Å². The highest BCUT2D eigenvalue weighted by Crippen LogP contribution is 2.65. The van der Waals surface area contributed by atoms with Gasteiger partial charge in [0.1, 0.15) is 0 Å². The molecule has 3 aliphatic carbocycles. The van der Waals surface area contributed by atoms with Crippen LogP contribution >= 0.6 is 0 Å². The van der Waals surface area contributed by atoms with Crippen molar-refractivity contribution in [2.24, 2.45) is 17.3 Å². The van der Waals surface area contributed by atoms with Crippen LogP contribution in [-0.2, 0) is 9.31 Å². The highest BCUT2D eigenvalue weighted by Gasteiger charge is 2.67. The van der Waals surface area contributed by atoms with Crippen LogP contribution in [0.3, 0.4) is 0 Å². The van der Waals surface area contributed by atoms with Crippen molar-refractivity contribution in [1.29, 1.82) is 0 Å². The normalized spacial score (nSPS) is 42.7. The van der Waals surface area contributed by atoms with Gasteiger partial charge in [0.15, 0.2) is 0 Å². The number of benzene rings is 1. The molecular formula is C16H21BO2. The molecule has 1 saturated heterocycles. The predicted molar refractivity (Wildman–Crippen MR) is 76.2 cm³/mol. The SMILES string of the molecule is CC1(C)[C@@H]2C[C@@H]3OB(c4ccccc4)O[C@]3(C)[C@@H]1C2. The second-order valence-electron chi connectivity index (χ2n) is 7.21. The zero-order valence-electron chi connectivity index (χ0n) is 11.9. The Morgan fingerprint density at radius 2 is 1.84 bits per heavy atom. The molecule has 2 nitrogen and oxygen atoms in total. The van der Waals surface area contributed by atoms with Gasteiger partial charge in [0.2, 0.25) is 0 Å². The van der Waals surface area contributed by atoms with E-state index in [-0.39, 0.29) is 18.8 Å². The summed E-state index contributed by atoms with van der Waals surface area (Å²) in [4.78, 5) is 0. The van der Waals surface area contributed by atoms with E-state index in [0.29, 0.717) is 11.3 Å². The first-order valence-corrected chi connectivity index (χ1v) is 7.40. The molecule has 0 N–H and O–H groups in total. The first kappa shape index (κ1) is 12.0. The number of hydrogen-bond acceptors (Lipinski definition) is 2. The topological polar surface area (TPSA) is 18.5 Å². The smallest absolute Gasteiger partial charge is 0.402 e. The highest BCUT2D eigenvalue weighted by molar-refractivity contribution is 6.62. The van der Waals surface area contributed by atoms with E-state index in [1.54, 1.807) is 0 Å². The Morgan fingerprint density at radius 1 is 1.11 bits per heavy atom. The molecule has 0 spiro atoms. The van der Waals surface area contributed by atoms with Gasteiger partial charge < -0.3 is 9.31 Å². The lowest BCUT2D eigenvalue weighted by atomic mass is 9.43. The Labute approximate surface area is 115 Å². The Kier molecular flexibility index (Phi) is 2.30. The van der Waals surface area contributed by atoms with Gasteiger partial charge in [-0.1, -0.05) is 44.2 Å². The molecule has 0 aromatic heterocycles. The molecule has 1 heterocycles.